The Bertz CT molecular complexity index is 416. The van der Waals surface area contributed by atoms with Crippen LogP contribution in [-0.4, -0.2) is 27.9 Å². The van der Waals surface area contributed by atoms with Crippen LogP contribution in [0.25, 0.3) is 0 Å². The highest BCUT2D eigenvalue weighted by molar-refractivity contribution is 5.92. The molecule has 4 heteroatoms. The van der Waals surface area contributed by atoms with E-state index in [0.717, 1.165) is 24.8 Å². The number of aromatic nitrogens is 1. The number of likely N-dealkylation sites (tertiary alicyclic amines) is 1. The van der Waals surface area contributed by atoms with Crippen LogP contribution in [-0.2, 0) is 6.54 Å². The van der Waals surface area contributed by atoms with Gasteiger partial charge in [-0.15, -0.1) is 0 Å². The minimum atomic E-state index is 0.0513. The van der Waals surface area contributed by atoms with Gasteiger partial charge in [0.05, 0.1) is 0 Å². The summed E-state index contributed by atoms with van der Waals surface area (Å²) in [7, 11) is 0. The molecule has 1 aliphatic rings. The van der Waals surface area contributed by atoms with Gasteiger partial charge in [-0.25, -0.2) is 0 Å². The van der Waals surface area contributed by atoms with E-state index in [1.54, 1.807) is 12.3 Å². The fourth-order valence-electron chi connectivity index (χ4n) is 2.64. The van der Waals surface area contributed by atoms with Crippen molar-refractivity contribution in [1.29, 1.82) is 0 Å². The van der Waals surface area contributed by atoms with Gasteiger partial charge in [-0.05, 0) is 37.8 Å². The van der Waals surface area contributed by atoms with Crippen LogP contribution in [0.15, 0.2) is 18.3 Å². The lowest BCUT2D eigenvalue weighted by Gasteiger charge is -2.27. The van der Waals surface area contributed by atoms with Crippen molar-refractivity contribution in [3.05, 3.63) is 29.6 Å². The first kappa shape index (κ1) is 13.0. The Hall–Kier alpha value is -1.42. The van der Waals surface area contributed by atoms with E-state index in [1.165, 1.54) is 0 Å². The Kier molecular flexibility index (Phi) is 3.97. The van der Waals surface area contributed by atoms with Crippen LogP contribution in [0, 0.1) is 0 Å². The highest BCUT2D eigenvalue weighted by Gasteiger charge is 2.33. The Morgan fingerprint density at radius 3 is 2.83 bits per heavy atom. The van der Waals surface area contributed by atoms with Crippen molar-refractivity contribution in [2.75, 3.05) is 0 Å². The molecular formula is C14H21N3O. The maximum absolute atomic E-state index is 12.5. The van der Waals surface area contributed by atoms with Crippen molar-refractivity contribution in [2.24, 2.45) is 5.73 Å². The van der Waals surface area contributed by atoms with Crippen molar-refractivity contribution in [3.63, 3.8) is 0 Å². The summed E-state index contributed by atoms with van der Waals surface area (Å²) in [6.07, 6.45) is 4.89. The zero-order valence-electron chi connectivity index (χ0n) is 11.1. The first-order valence-corrected chi connectivity index (χ1v) is 6.65. The van der Waals surface area contributed by atoms with E-state index in [4.69, 9.17) is 5.73 Å². The summed E-state index contributed by atoms with van der Waals surface area (Å²) in [5.74, 6) is 0.0513. The van der Waals surface area contributed by atoms with Crippen LogP contribution in [0.2, 0.25) is 0 Å². The summed E-state index contributed by atoms with van der Waals surface area (Å²) >= 11 is 0. The molecule has 1 aromatic heterocycles. The van der Waals surface area contributed by atoms with Gasteiger partial charge in [0.15, 0.2) is 0 Å². The van der Waals surface area contributed by atoms with Crippen LogP contribution < -0.4 is 5.73 Å². The number of hydrogen-bond acceptors (Lipinski definition) is 3. The molecule has 1 fully saturated rings. The number of hydrogen-bond donors (Lipinski definition) is 1. The summed E-state index contributed by atoms with van der Waals surface area (Å²) in [6, 6.07) is 4.34. The lowest BCUT2D eigenvalue weighted by Crippen LogP contribution is -2.40. The van der Waals surface area contributed by atoms with Crippen LogP contribution in [0.4, 0.5) is 0 Å². The van der Waals surface area contributed by atoms with Gasteiger partial charge in [0.1, 0.15) is 5.69 Å². The number of nitrogens with two attached hydrogens (primary N) is 1. The Balaban J connectivity index is 2.18. The molecule has 2 unspecified atom stereocenters. The van der Waals surface area contributed by atoms with Gasteiger partial charge < -0.3 is 10.6 Å². The third-order valence-corrected chi connectivity index (χ3v) is 3.77. The van der Waals surface area contributed by atoms with Crippen LogP contribution in [0.3, 0.4) is 0 Å². The molecule has 1 saturated heterocycles. The average molecular weight is 247 g/mol. The van der Waals surface area contributed by atoms with E-state index in [2.05, 4.69) is 18.8 Å². The van der Waals surface area contributed by atoms with Gasteiger partial charge in [-0.2, -0.15) is 0 Å². The minimum absolute atomic E-state index is 0.0513. The van der Waals surface area contributed by atoms with Crippen LogP contribution in [0.1, 0.15) is 49.2 Å². The first-order valence-electron chi connectivity index (χ1n) is 6.65. The highest BCUT2D eigenvalue weighted by atomic mass is 16.2. The molecule has 0 saturated carbocycles. The van der Waals surface area contributed by atoms with Crippen molar-refractivity contribution >= 4 is 5.91 Å². The molecule has 1 aromatic rings. The number of carbonyl (C=O) groups excluding carboxylic acids is 1. The number of carbonyl (C=O) groups is 1. The molecule has 4 nitrogen and oxygen atoms in total. The Labute approximate surface area is 108 Å². The molecule has 1 aliphatic heterocycles. The topological polar surface area (TPSA) is 59.2 Å². The predicted molar refractivity (Wildman–Crippen MR) is 71.1 cm³/mol. The quantitative estimate of drug-likeness (QED) is 0.888. The maximum atomic E-state index is 12.5. The van der Waals surface area contributed by atoms with Gasteiger partial charge >= 0.3 is 0 Å². The fourth-order valence-corrected chi connectivity index (χ4v) is 2.64. The molecule has 0 radical (unpaired) electrons. The van der Waals surface area contributed by atoms with Gasteiger partial charge in [-0.3, -0.25) is 9.78 Å². The minimum Gasteiger partial charge on any atom is -0.332 e. The summed E-state index contributed by atoms with van der Waals surface area (Å²) < 4.78 is 0. The van der Waals surface area contributed by atoms with Gasteiger partial charge in [-0.1, -0.05) is 13.0 Å². The van der Waals surface area contributed by atoms with Gasteiger partial charge in [0.25, 0.3) is 5.91 Å². The van der Waals surface area contributed by atoms with E-state index < -0.39 is 0 Å². The first-order chi connectivity index (χ1) is 8.67. The lowest BCUT2D eigenvalue weighted by molar-refractivity contribution is 0.0670. The second-order valence-corrected chi connectivity index (χ2v) is 4.96. The van der Waals surface area contributed by atoms with Crippen molar-refractivity contribution < 1.29 is 4.79 Å². The third-order valence-electron chi connectivity index (χ3n) is 3.77. The molecule has 0 bridgehead atoms. The van der Waals surface area contributed by atoms with E-state index in [1.807, 2.05) is 11.0 Å². The largest absolute Gasteiger partial charge is 0.332 e. The highest BCUT2D eigenvalue weighted by Crippen LogP contribution is 2.27. The normalized spacial score (nSPS) is 23.4. The molecular weight excluding hydrogens is 226 g/mol. The number of nitrogens with zero attached hydrogens (tertiary/aromatic N) is 2. The molecule has 0 spiro atoms. The standard InChI is InChI=1S/C14H21N3O/c1-3-12-6-4-10(2)17(12)14(18)13-7-5-11(8-15)9-16-13/h5,7,9-10,12H,3-4,6,8,15H2,1-2H3. The predicted octanol–water partition coefficient (Wildman–Crippen LogP) is 1.94. The Morgan fingerprint density at radius 1 is 1.50 bits per heavy atom. The molecule has 98 valence electrons. The number of rotatable bonds is 3. The third kappa shape index (κ3) is 2.38. The molecule has 18 heavy (non-hydrogen) atoms. The lowest BCUT2D eigenvalue weighted by atomic mass is 10.1. The number of amides is 1. The van der Waals surface area contributed by atoms with Crippen LogP contribution in [0.5, 0.6) is 0 Å². The summed E-state index contributed by atoms with van der Waals surface area (Å²) in [4.78, 5) is 18.7. The molecule has 1 amide bonds. The smallest absolute Gasteiger partial charge is 0.272 e. The molecule has 0 aliphatic carbocycles. The SMILES string of the molecule is CCC1CCC(C)N1C(=O)c1ccc(CN)cn1. The number of pyridine rings is 1. The summed E-state index contributed by atoms with van der Waals surface area (Å²) in [5, 5.41) is 0. The summed E-state index contributed by atoms with van der Waals surface area (Å²) in [5.41, 5.74) is 7.01. The van der Waals surface area contributed by atoms with Crippen molar-refractivity contribution in [3.8, 4) is 0 Å². The monoisotopic (exact) mass is 247 g/mol. The van der Waals surface area contributed by atoms with E-state index in [-0.39, 0.29) is 5.91 Å². The summed E-state index contributed by atoms with van der Waals surface area (Å²) in [6.45, 7) is 4.70. The van der Waals surface area contributed by atoms with E-state index in [9.17, 15) is 4.79 Å². The van der Waals surface area contributed by atoms with Crippen molar-refractivity contribution in [2.45, 2.75) is 51.7 Å². The fraction of sp³-hybridized carbons (Fsp3) is 0.571. The van der Waals surface area contributed by atoms with E-state index >= 15 is 0 Å². The van der Waals surface area contributed by atoms with Crippen molar-refractivity contribution in [1.82, 2.24) is 9.88 Å². The maximum Gasteiger partial charge on any atom is 0.272 e. The second-order valence-electron chi connectivity index (χ2n) is 4.96. The second kappa shape index (κ2) is 5.48. The Morgan fingerprint density at radius 2 is 2.28 bits per heavy atom. The molecule has 2 atom stereocenters. The molecule has 0 aromatic carbocycles. The van der Waals surface area contributed by atoms with Gasteiger partial charge in [0, 0.05) is 24.8 Å². The van der Waals surface area contributed by atoms with E-state index in [0.29, 0.717) is 24.3 Å². The van der Waals surface area contributed by atoms with Gasteiger partial charge in [0.2, 0.25) is 0 Å². The average Bonchev–Trinajstić information content (AvgIpc) is 2.79. The zero-order chi connectivity index (χ0) is 13.1. The molecule has 2 N–H and O–H groups in total. The molecule has 2 heterocycles. The zero-order valence-corrected chi connectivity index (χ0v) is 11.1. The molecule has 2 rings (SSSR count). The van der Waals surface area contributed by atoms with Crippen LogP contribution >= 0.6 is 0 Å².